The zero-order chi connectivity index (χ0) is 24.2. The summed E-state index contributed by atoms with van der Waals surface area (Å²) >= 11 is 1.41. The molecule has 0 unspecified atom stereocenters. The maximum Gasteiger partial charge on any atom is 0.173 e. The number of hydrogen-bond acceptors (Lipinski definition) is 8. The van der Waals surface area contributed by atoms with E-state index >= 15 is 0 Å². The number of aromatic nitrogens is 2. The Morgan fingerprint density at radius 1 is 1.29 bits per heavy atom. The molecule has 2 aliphatic rings. The Labute approximate surface area is 208 Å². The van der Waals surface area contributed by atoms with Gasteiger partial charge in [-0.25, -0.2) is 14.4 Å². The number of ether oxygens (including phenoxy) is 2. The lowest BCUT2D eigenvalue weighted by molar-refractivity contribution is 0.0981. The highest BCUT2D eigenvalue weighted by Gasteiger charge is 2.22. The van der Waals surface area contributed by atoms with Crippen LogP contribution in [0.15, 0.2) is 24.5 Å². The highest BCUT2D eigenvalue weighted by atomic mass is 32.1. The van der Waals surface area contributed by atoms with Gasteiger partial charge in [0, 0.05) is 18.9 Å². The van der Waals surface area contributed by atoms with Crippen molar-refractivity contribution in [3.63, 3.8) is 0 Å². The summed E-state index contributed by atoms with van der Waals surface area (Å²) < 4.78 is 25.4. The van der Waals surface area contributed by atoms with Gasteiger partial charge in [-0.05, 0) is 69.9 Å². The minimum absolute atomic E-state index is 0.111. The molecule has 0 amide bonds. The Morgan fingerprint density at radius 3 is 2.94 bits per heavy atom. The average molecular weight is 499 g/mol. The molecule has 3 aromatic rings. The topological polar surface area (TPSA) is 76.6 Å². The number of hydrogen-bond donors (Lipinski definition) is 1. The second-order valence-corrected chi connectivity index (χ2v) is 10.3. The van der Waals surface area contributed by atoms with Gasteiger partial charge in [0.05, 0.1) is 29.2 Å². The van der Waals surface area contributed by atoms with Gasteiger partial charge in [-0.15, -0.1) is 11.3 Å². The lowest BCUT2D eigenvalue weighted by atomic mass is 10.1. The van der Waals surface area contributed by atoms with Crippen molar-refractivity contribution in [3.05, 3.63) is 40.8 Å². The van der Waals surface area contributed by atoms with E-state index in [4.69, 9.17) is 9.47 Å². The first-order chi connectivity index (χ1) is 17.1. The van der Waals surface area contributed by atoms with E-state index in [1.807, 2.05) is 6.92 Å². The van der Waals surface area contributed by atoms with Crippen LogP contribution in [-0.2, 0) is 4.74 Å². The molecule has 4 heterocycles. The number of unbranched alkanes of at least 4 members (excludes halogenated alkanes) is 1. The smallest absolute Gasteiger partial charge is 0.173 e. The number of nitrogens with zero attached hydrogens (tertiary/aromatic N) is 3. The van der Waals surface area contributed by atoms with Crippen LogP contribution < -0.4 is 10.1 Å². The summed E-state index contributed by atoms with van der Waals surface area (Å²) in [4.78, 5) is 25.9. The normalized spacial score (nSPS) is 18.4. The molecule has 2 saturated heterocycles. The fraction of sp³-hybridized carbons (Fsp3) is 0.500. The highest BCUT2D eigenvalue weighted by molar-refractivity contribution is 7.20. The first-order valence-electron chi connectivity index (χ1n) is 12.4. The van der Waals surface area contributed by atoms with Crippen LogP contribution >= 0.6 is 11.3 Å². The minimum Gasteiger partial charge on any atom is -0.486 e. The summed E-state index contributed by atoms with van der Waals surface area (Å²) in [7, 11) is 0. The van der Waals surface area contributed by atoms with E-state index in [1.165, 1.54) is 55.7 Å². The monoisotopic (exact) mass is 498 g/mol. The summed E-state index contributed by atoms with van der Waals surface area (Å²) in [6.45, 7) is 6.52. The van der Waals surface area contributed by atoms with Crippen LogP contribution in [0.5, 0.6) is 5.75 Å². The van der Waals surface area contributed by atoms with Gasteiger partial charge in [-0.2, -0.15) is 0 Å². The molecule has 7 nitrogen and oxygen atoms in total. The molecular weight excluding hydrogens is 467 g/mol. The Kier molecular flexibility index (Phi) is 7.55. The molecule has 0 radical (unpaired) electrons. The average Bonchev–Trinajstić information content (AvgIpc) is 3.61. The van der Waals surface area contributed by atoms with E-state index in [9.17, 15) is 9.18 Å². The van der Waals surface area contributed by atoms with Gasteiger partial charge in [-0.1, -0.05) is 0 Å². The van der Waals surface area contributed by atoms with E-state index in [0.29, 0.717) is 36.9 Å². The third-order valence-electron chi connectivity index (χ3n) is 6.69. The van der Waals surface area contributed by atoms with Crippen molar-refractivity contribution in [2.45, 2.75) is 51.6 Å². The minimum atomic E-state index is -0.373. The number of rotatable bonds is 10. The third kappa shape index (κ3) is 5.63. The Bertz CT molecular complexity index is 1190. The number of halogens is 1. The molecule has 9 heteroatoms. The molecular formula is C26H31FN4O3S. The summed E-state index contributed by atoms with van der Waals surface area (Å²) in [5.74, 6) is 0.775. The fourth-order valence-electron chi connectivity index (χ4n) is 4.78. The number of aryl methyl sites for hydroxylation is 1. The van der Waals surface area contributed by atoms with E-state index in [2.05, 4.69) is 20.2 Å². The lowest BCUT2D eigenvalue weighted by Crippen LogP contribution is -2.20. The predicted octanol–water partition coefficient (Wildman–Crippen LogP) is 5.50. The van der Waals surface area contributed by atoms with Gasteiger partial charge in [0.15, 0.2) is 5.78 Å². The molecule has 0 saturated carbocycles. The molecule has 1 atom stereocenters. The molecule has 2 fully saturated rings. The number of anilines is 2. The Hall–Kier alpha value is -2.62. The first-order valence-corrected chi connectivity index (χ1v) is 13.2. The van der Waals surface area contributed by atoms with Gasteiger partial charge >= 0.3 is 0 Å². The molecule has 0 spiro atoms. The molecule has 186 valence electrons. The van der Waals surface area contributed by atoms with Gasteiger partial charge in [0.25, 0.3) is 0 Å². The first kappa shape index (κ1) is 24.1. The van der Waals surface area contributed by atoms with Crippen molar-refractivity contribution in [1.82, 2.24) is 14.9 Å². The van der Waals surface area contributed by atoms with Crippen LogP contribution in [-0.4, -0.2) is 59.6 Å². The lowest BCUT2D eigenvalue weighted by Gasteiger charge is -2.17. The summed E-state index contributed by atoms with van der Waals surface area (Å²) in [6, 6.07) is 4.40. The quantitative estimate of drug-likeness (QED) is 0.292. The maximum atomic E-state index is 14.0. The molecule has 2 aliphatic heterocycles. The molecule has 5 rings (SSSR count). The number of ketones is 1. The van der Waals surface area contributed by atoms with Crippen molar-refractivity contribution in [1.29, 1.82) is 0 Å². The molecule has 0 aliphatic carbocycles. The summed E-state index contributed by atoms with van der Waals surface area (Å²) in [5.41, 5.74) is 1.49. The van der Waals surface area contributed by atoms with Gasteiger partial charge < -0.3 is 19.7 Å². The number of likely N-dealkylation sites (tertiary alicyclic amines) is 1. The van der Waals surface area contributed by atoms with Gasteiger partial charge in [0.1, 0.15) is 34.6 Å². The molecule has 2 aromatic heterocycles. The standard InChI is InChI=1S/C26H31FN4O3S/c1-17-23-25(30-20-8-7-18(27)14-22(20)34-19-9-13-33-15-19)28-16-29-26(23)35-24(17)21(32)6-2-3-10-31-11-4-5-12-31/h7-8,14,16,19H,2-6,9-13,15H2,1H3,(H,28,29,30)/t19-/m0/s1. The van der Waals surface area contributed by atoms with Crippen molar-refractivity contribution < 1.29 is 18.7 Å². The number of carbonyl (C=O) groups excluding carboxylic acids is 1. The molecule has 0 bridgehead atoms. The number of nitrogens with one attached hydrogen (secondary N) is 1. The van der Waals surface area contributed by atoms with Crippen LogP contribution in [0.4, 0.5) is 15.9 Å². The van der Waals surface area contributed by atoms with E-state index < -0.39 is 0 Å². The summed E-state index contributed by atoms with van der Waals surface area (Å²) in [6.07, 6.45) is 7.19. The van der Waals surface area contributed by atoms with Crippen molar-refractivity contribution >= 4 is 38.8 Å². The predicted molar refractivity (Wildman–Crippen MR) is 136 cm³/mol. The number of Topliss-reactive ketones (excluding diaryl/α,β-unsaturated/α-hetero) is 1. The van der Waals surface area contributed by atoms with Crippen LogP contribution in [0, 0.1) is 12.7 Å². The SMILES string of the molecule is Cc1c(C(=O)CCCCN2CCCC2)sc2ncnc(Nc3ccc(F)cc3O[C@H]3CCOC3)c12. The van der Waals surface area contributed by atoms with Crippen LogP contribution in [0.1, 0.15) is 53.8 Å². The number of benzene rings is 1. The van der Waals surface area contributed by atoms with E-state index in [-0.39, 0.29) is 17.7 Å². The largest absolute Gasteiger partial charge is 0.486 e. The van der Waals surface area contributed by atoms with E-state index in [0.717, 1.165) is 46.5 Å². The maximum absolute atomic E-state index is 14.0. The number of fused-ring (bicyclic) bond motifs is 1. The Morgan fingerprint density at radius 2 is 2.14 bits per heavy atom. The van der Waals surface area contributed by atoms with E-state index in [1.54, 1.807) is 6.07 Å². The second kappa shape index (κ2) is 11.0. The van der Waals surface area contributed by atoms with Crippen LogP contribution in [0.3, 0.4) is 0 Å². The zero-order valence-electron chi connectivity index (χ0n) is 20.0. The number of carbonyl (C=O) groups is 1. The van der Waals surface area contributed by atoms with Crippen molar-refractivity contribution in [3.8, 4) is 5.75 Å². The van der Waals surface area contributed by atoms with Crippen molar-refractivity contribution in [2.24, 2.45) is 0 Å². The fourth-order valence-corrected chi connectivity index (χ4v) is 5.90. The van der Waals surface area contributed by atoms with Crippen LogP contribution in [0.25, 0.3) is 10.2 Å². The zero-order valence-corrected chi connectivity index (χ0v) is 20.8. The number of thiophene rings is 1. The molecule has 1 aromatic carbocycles. The van der Waals surface area contributed by atoms with Gasteiger partial charge in [-0.3, -0.25) is 4.79 Å². The summed E-state index contributed by atoms with van der Waals surface area (Å²) in [5, 5.41) is 4.12. The van der Waals surface area contributed by atoms with Crippen LogP contribution in [0.2, 0.25) is 0 Å². The Balaban J connectivity index is 1.32. The highest BCUT2D eigenvalue weighted by Crippen LogP contribution is 2.37. The third-order valence-corrected chi connectivity index (χ3v) is 7.93. The molecule has 35 heavy (non-hydrogen) atoms. The van der Waals surface area contributed by atoms with Gasteiger partial charge in [0.2, 0.25) is 0 Å². The second-order valence-electron chi connectivity index (χ2n) is 9.26. The van der Waals surface area contributed by atoms with Crippen molar-refractivity contribution in [2.75, 3.05) is 38.2 Å². The molecule has 1 N–H and O–H groups in total.